The second-order valence-electron chi connectivity index (χ2n) is 5.74. The van der Waals surface area contributed by atoms with Crippen molar-refractivity contribution in [1.29, 1.82) is 0 Å². The summed E-state index contributed by atoms with van der Waals surface area (Å²) in [5.74, 6) is 0. The van der Waals surface area contributed by atoms with E-state index < -0.39 is 10.8 Å². The van der Waals surface area contributed by atoms with Gasteiger partial charge in [-0.3, -0.25) is 8.89 Å². The van der Waals surface area contributed by atoms with E-state index in [0.29, 0.717) is 0 Å². The number of nitrogens with zero attached hydrogens (tertiary/aromatic N) is 2. The van der Waals surface area contributed by atoms with Crippen LogP contribution in [-0.2, 0) is 22.9 Å². The van der Waals surface area contributed by atoms with Gasteiger partial charge in [0.2, 0.25) is 0 Å². The summed E-state index contributed by atoms with van der Waals surface area (Å²) in [7, 11) is -0.722. The normalized spacial score (nSPS) is 15.6. The number of aromatic nitrogens is 2. The van der Waals surface area contributed by atoms with E-state index in [1.165, 1.54) is 5.56 Å². The van der Waals surface area contributed by atoms with Crippen molar-refractivity contribution in [2.24, 2.45) is 0 Å². The molecule has 1 rings (SSSR count). The van der Waals surface area contributed by atoms with Crippen LogP contribution in [0.3, 0.4) is 0 Å². The second kappa shape index (κ2) is 6.48. The molecule has 0 spiro atoms. The Hall–Kier alpha value is -0.680. The van der Waals surface area contributed by atoms with Gasteiger partial charge >= 0.3 is 0 Å². The van der Waals surface area contributed by atoms with Crippen molar-refractivity contribution < 1.29 is 4.21 Å². The Morgan fingerprint density at radius 1 is 1.50 bits per heavy atom. The average Bonchev–Trinajstić information content (AvgIpc) is 2.72. The lowest BCUT2D eigenvalue weighted by atomic mass is 10.1. The Bertz CT molecular complexity index is 395. The van der Waals surface area contributed by atoms with Crippen molar-refractivity contribution in [3.05, 3.63) is 18.0 Å². The van der Waals surface area contributed by atoms with E-state index in [2.05, 4.69) is 37.4 Å². The molecule has 0 bridgehead atoms. The molecule has 0 saturated heterocycles. The molecule has 104 valence electrons. The fourth-order valence-electron chi connectivity index (χ4n) is 1.52. The zero-order valence-electron chi connectivity index (χ0n) is 12.1. The minimum atomic E-state index is -0.722. The molecule has 5 heteroatoms. The summed E-state index contributed by atoms with van der Waals surface area (Å²) in [6, 6.07) is 0. The summed E-state index contributed by atoms with van der Waals surface area (Å²) < 4.78 is 13.2. The molecule has 0 amide bonds. The predicted molar refractivity (Wildman–Crippen MR) is 77.1 cm³/mol. The van der Waals surface area contributed by atoms with Crippen molar-refractivity contribution in [3.8, 4) is 0 Å². The molecule has 1 aromatic rings. The van der Waals surface area contributed by atoms with Crippen LogP contribution in [0.5, 0.6) is 0 Å². The summed E-state index contributed by atoms with van der Waals surface area (Å²) in [6.45, 7) is 10.1. The molecule has 0 aromatic carbocycles. The topological polar surface area (TPSA) is 46.9 Å². The molecule has 0 saturated carbocycles. The Balaban J connectivity index is 2.32. The summed E-state index contributed by atoms with van der Waals surface area (Å²) in [4.78, 5) is 0. The van der Waals surface area contributed by atoms with Crippen molar-refractivity contribution in [2.45, 2.75) is 51.4 Å². The third-order valence-corrected chi connectivity index (χ3v) is 4.32. The fourth-order valence-corrected chi connectivity index (χ4v) is 1.97. The van der Waals surface area contributed by atoms with E-state index in [1.807, 2.05) is 17.8 Å². The smallest absolute Gasteiger partial charge is 0.0543 e. The van der Waals surface area contributed by atoms with Gasteiger partial charge in [-0.1, -0.05) is 6.92 Å². The Morgan fingerprint density at radius 3 is 2.67 bits per heavy atom. The maximum Gasteiger partial charge on any atom is 0.0543 e. The Kier molecular flexibility index (Phi) is 5.53. The highest BCUT2D eigenvalue weighted by Gasteiger charge is 2.13. The molecule has 0 aliphatic rings. The van der Waals surface area contributed by atoms with E-state index in [1.54, 1.807) is 6.26 Å². The Labute approximate surface area is 113 Å². The molecule has 1 heterocycles. The van der Waals surface area contributed by atoms with Crippen LogP contribution in [0.15, 0.2) is 12.4 Å². The first kappa shape index (κ1) is 15.4. The van der Waals surface area contributed by atoms with Gasteiger partial charge in [-0.15, -0.1) is 0 Å². The van der Waals surface area contributed by atoms with Gasteiger partial charge in [0, 0.05) is 40.6 Å². The summed E-state index contributed by atoms with van der Waals surface area (Å²) in [5, 5.41) is 7.98. The summed E-state index contributed by atoms with van der Waals surface area (Å²) in [5.41, 5.74) is 1.22. The van der Waals surface area contributed by atoms with Gasteiger partial charge in [0.25, 0.3) is 0 Å². The molecule has 2 atom stereocenters. The largest absolute Gasteiger partial charge is 0.313 e. The van der Waals surface area contributed by atoms with Crippen molar-refractivity contribution in [1.82, 2.24) is 15.1 Å². The number of nitrogens with one attached hydrogen (secondary N) is 1. The summed E-state index contributed by atoms with van der Waals surface area (Å²) in [6.07, 6.45) is 6.68. The maximum absolute atomic E-state index is 11.2. The third kappa shape index (κ3) is 4.90. The lowest BCUT2D eigenvalue weighted by Gasteiger charge is -2.18. The van der Waals surface area contributed by atoms with Gasteiger partial charge in [-0.2, -0.15) is 5.10 Å². The monoisotopic (exact) mass is 271 g/mol. The molecule has 2 unspecified atom stereocenters. The second-order valence-corrected chi connectivity index (χ2v) is 7.54. The third-order valence-electron chi connectivity index (χ3n) is 2.95. The molecule has 0 aliphatic carbocycles. The van der Waals surface area contributed by atoms with Crippen LogP contribution in [0.2, 0.25) is 0 Å². The van der Waals surface area contributed by atoms with Crippen LogP contribution < -0.4 is 5.32 Å². The molecular formula is C13H25N3OS. The van der Waals surface area contributed by atoms with Crippen molar-refractivity contribution >= 4 is 10.8 Å². The first-order chi connectivity index (χ1) is 8.30. The SMILES string of the molecule is CC(CCNCc1cnn(C(C)(C)C)c1)S(C)=O. The van der Waals surface area contributed by atoms with Gasteiger partial charge in [0.05, 0.1) is 11.7 Å². The minimum Gasteiger partial charge on any atom is -0.313 e. The first-order valence-corrected chi connectivity index (χ1v) is 8.00. The van der Waals surface area contributed by atoms with Gasteiger partial charge < -0.3 is 5.32 Å². The van der Waals surface area contributed by atoms with Gasteiger partial charge in [-0.05, 0) is 33.7 Å². The molecule has 1 N–H and O–H groups in total. The number of hydrogen-bond donors (Lipinski definition) is 1. The quantitative estimate of drug-likeness (QED) is 0.804. The lowest BCUT2D eigenvalue weighted by molar-refractivity contribution is 0.355. The maximum atomic E-state index is 11.2. The molecule has 0 aliphatic heterocycles. The average molecular weight is 271 g/mol. The van der Waals surface area contributed by atoms with E-state index in [-0.39, 0.29) is 10.8 Å². The van der Waals surface area contributed by atoms with Crippen molar-refractivity contribution in [3.63, 3.8) is 0 Å². The minimum absolute atomic E-state index is 0.0336. The molecule has 0 radical (unpaired) electrons. The Morgan fingerprint density at radius 2 is 2.17 bits per heavy atom. The fraction of sp³-hybridized carbons (Fsp3) is 0.769. The van der Waals surface area contributed by atoms with E-state index in [9.17, 15) is 4.21 Å². The van der Waals surface area contributed by atoms with Gasteiger partial charge in [0.15, 0.2) is 0 Å². The summed E-state index contributed by atoms with van der Waals surface area (Å²) >= 11 is 0. The highest BCUT2D eigenvalue weighted by atomic mass is 32.2. The zero-order valence-corrected chi connectivity index (χ0v) is 12.9. The van der Waals surface area contributed by atoms with Crippen LogP contribution in [0.1, 0.15) is 39.7 Å². The molecular weight excluding hydrogens is 246 g/mol. The van der Waals surface area contributed by atoms with Crippen molar-refractivity contribution in [2.75, 3.05) is 12.8 Å². The standard InChI is InChI=1S/C13H25N3OS/c1-11(18(5)17)6-7-14-8-12-9-15-16(10-12)13(2,3)4/h9-11,14H,6-8H2,1-5H3. The molecule has 0 fully saturated rings. The molecule has 4 nitrogen and oxygen atoms in total. The van der Waals surface area contributed by atoms with Crippen LogP contribution in [0.4, 0.5) is 0 Å². The zero-order chi connectivity index (χ0) is 13.8. The van der Waals surface area contributed by atoms with E-state index in [4.69, 9.17) is 0 Å². The van der Waals surface area contributed by atoms with Crippen LogP contribution in [-0.4, -0.2) is 32.0 Å². The lowest BCUT2D eigenvalue weighted by Crippen LogP contribution is -2.22. The highest BCUT2D eigenvalue weighted by molar-refractivity contribution is 7.84. The van der Waals surface area contributed by atoms with Crippen LogP contribution in [0, 0.1) is 0 Å². The van der Waals surface area contributed by atoms with Crippen LogP contribution >= 0.6 is 0 Å². The van der Waals surface area contributed by atoms with Gasteiger partial charge in [0.1, 0.15) is 0 Å². The predicted octanol–water partition coefficient (Wildman–Crippen LogP) is 1.88. The van der Waals surface area contributed by atoms with Crippen LogP contribution in [0.25, 0.3) is 0 Å². The number of rotatable bonds is 6. The molecule has 18 heavy (non-hydrogen) atoms. The number of hydrogen-bond acceptors (Lipinski definition) is 3. The van der Waals surface area contributed by atoms with E-state index >= 15 is 0 Å². The van der Waals surface area contributed by atoms with Gasteiger partial charge in [-0.25, -0.2) is 0 Å². The first-order valence-electron chi connectivity index (χ1n) is 6.37. The molecule has 1 aromatic heterocycles. The highest BCUT2D eigenvalue weighted by Crippen LogP contribution is 2.12. The van der Waals surface area contributed by atoms with E-state index in [0.717, 1.165) is 19.5 Å².